The summed E-state index contributed by atoms with van der Waals surface area (Å²) in [4.78, 5) is 12.1. The highest BCUT2D eigenvalue weighted by Gasteiger charge is 2.24. The highest BCUT2D eigenvalue weighted by atomic mass is 16.3. The van der Waals surface area contributed by atoms with Crippen molar-refractivity contribution in [3.8, 4) is 0 Å². The monoisotopic (exact) mass is 273 g/mol. The zero-order valence-corrected chi connectivity index (χ0v) is 11.3. The van der Waals surface area contributed by atoms with Gasteiger partial charge in [-0.15, -0.1) is 0 Å². The summed E-state index contributed by atoms with van der Waals surface area (Å²) in [5.74, 6) is 0.285. The topological polar surface area (TPSA) is 62.5 Å². The summed E-state index contributed by atoms with van der Waals surface area (Å²) in [6.07, 6.45) is 3.73. The van der Waals surface area contributed by atoms with Gasteiger partial charge in [-0.2, -0.15) is 0 Å². The van der Waals surface area contributed by atoms with E-state index in [9.17, 15) is 9.90 Å². The summed E-state index contributed by atoms with van der Waals surface area (Å²) >= 11 is 0. The molecule has 1 fully saturated rings. The molecule has 2 atom stereocenters. The molecule has 0 aliphatic heterocycles. The van der Waals surface area contributed by atoms with Crippen LogP contribution < -0.4 is 5.32 Å². The molecule has 1 amide bonds. The first-order valence-electron chi connectivity index (χ1n) is 7.19. The molecule has 1 aliphatic rings. The molecule has 1 heterocycles. The summed E-state index contributed by atoms with van der Waals surface area (Å²) in [5.41, 5.74) is 0.718. The molecular weight excluding hydrogens is 254 g/mol. The summed E-state index contributed by atoms with van der Waals surface area (Å²) < 4.78 is 5.52. The van der Waals surface area contributed by atoms with Crippen LogP contribution in [-0.2, 0) is 0 Å². The molecule has 2 N–H and O–H groups in total. The van der Waals surface area contributed by atoms with E-state index in [1.807, 2.05) is 24.3 Å². The minimum absolute atomic E-state index is 0.164. The molecule has 106 valence electrons. The smallest absolute Gasteiger partial charge is 0.287 e. The molecule has 2 aromatic rings. The number of nitrogens with one attached hydrogen (secondary N) is 1. The van der Waals surface area contributed by atoms with Crippen LogP contribution in [0.25, 0.3) is 11.0 Å². The van der Waals surface area contributed by atoms with Gasteiger partial charge in [0.2, 0.25) is 0 Å². The lowest BCUT2D eigenvalue weighted by atomic mass is 9.86. The van der Waals surface area contributed by atoms with E-state index in [4.69, 9.17) is 4.42 Å². The van der Waals surface area contributed by atoms with E-state index >= 15 is 0 Å². The maximum absolute atomic E-state index is 12.1. The van der Waals surface area contributed by atoms with E-state index in [2.05, 4.69) is 5.32 Å². The number of benzene rings is 1. The van der Waals surface area contributed by atoms with E-state index in [1.54, 1.807) is 6.07 Å². The third kappa shape index (κ3) is 2.70. The number of furan rings is 1. The number of hydrogen-bond acceptors (Lipinski definition) is 3. The first kappa shape index (κ1) is 13.2. The number of hydrogen-bond donors (Lipinski definition) is 2. The zero-order chi connectivity index (χ0) is 13.9. The van der Waals surface area contributed by atoms with Crippen molar-refractivity contribution in [1.29, 1.82) is 0 Å². The van der Waals surface area contributed by atoms with Crippen molar-refractivity contribution in [3.63, 3.8) is 0 Å². The minimum atomic E-state index is -0.292. The molecule has 20 heavy (non-hydrogen) atoms. The van der Waals surface area contributed by atoms with Crippen LogP contribution in [0.2, 0.25) is 0 Å². The Morgan fingerprint density at radius 2 is 2.10 bits per heavy atom. The highest BCUT2D eigenvalue weighted by molar-refractivity contribution is 5.96. The van der Waals surface area contributed by atoms with Crippen molar-refractivity contribution in [2.45, 2.75) is 31.8 Å². The van der Waals surface area contributed by atoms with Gasteiger partial charge in [0.05, 0.1) is 6.10 Å². The van der Waals surface area contributed by atoms with E-state index in [-0.39, 0.29) is 17.9 Å². The third-order valence-corrected chi connectivity index (χ3v) is 4.04. The molecule has 0 bridgehead atoms. The fourth-order valence-electron chi connectivity index (χ4n) is 2.83. The Morgan fingerprint density at radius 1 is 1.30 bits per heavy atom. The van der Waals surface area contributed by atoms with Crippen LogP contribution >= 0.6 is 0 Å². The Labute approximate surface area is 117 Å². The third-order valence-electron chi connectivity index (χ3n) is 4.04. The predicted octanol–water partition coefficient (Wildman–Crippen LogP) is 2.71. The molecule has 0 spiro atoms. The van der Waals surface area contributed by atoms with Crippen LogP contribution in [0.4, 0.5) is 0 Å². The fourth-order valence-corrected chi connectivity index (χ4v) is 2.83. The Balaban J connectivity index is 1.64. The minimum Gasteiger partial charge on any atom is -0.451 e. The van der Waals surface area contributed by atoms with Gasteiger partial charge in [-0.05, 0) is 25.0 Å². The molecule has 0 saturated heterocycles. The van der Waals surface area contributed by atoms with E-state index in [0.29, 0.717) is 12.3 Å². The molecule has 3 rings (SSSR count). The highest BCUT2D eigenvalue weighted by Crippen LogP contribution is 2.24. The second-order valence-corrected chi connectivity index (χ2v) is 5.47. The second kappa shape index (κ2) is 5.67. The van der Waals surface area contributed by atoms with E-state index in [1.165, 1.54) is 0 Å². The molecule has 0 radical (unpaired) electrons. The quantitative estimate of drug-likeness (QED) is 0.903. The van der Waals surface area contributed by atoms with Crippen LogP contribution in [0, 0.1) is 5.92 Å². The van der Waals surface area contributed by atoms with Gasteiger partial charge in [-0.3, -0.25) is 4.79 Å². The van der Waals surface area contributed by atoms with Crippen molar-refractivity contribution in [1.82, 2.24) is 5.32 Å². The van der Waals surface area contributed by atoms with E-state index in [0.717, 1.165) is 36.7 Å². The Morgan fingerprint density at radius 3 is 2.90 bits per heavy atom. The summed E-state index contributed by atoms with van der Waals surface area (Å²) in [6.45, 7) is 0.511. The van der Waals surface area contributed by atoms with Gasteiger partial charge < -0.3 is 14.8 Å². The van der Waals surface area contributed by atoms with Crippen molar-refractivity contribution in [2.75, 3.05) is 6.54 Å². The number of aliphatic hydroxyl groups excluding tert-OH is 1. The Kier molecular flexibility index (Phi) is 3.74. The van der Waals surface area contributed by atoms with Gasteiger partial charge in [0.15, 0.2) is 5.76 Å². The number of carbonyl (C=O) groups excluding carboxylic acids is 1. The maximum atomic E-state index is 12.1. The number of fused-ring (bicyclic) bond motifs is 1. The SMILES string of the molecule is O=C(NCC1CCCCC1O)c1cc2ccccc2o1. The summed E-state index contributed by atoms with van der Waals surface area (Å²) in [6, 6.07) is 9.31. The van der Waals surface area contributed by atoms with Crippen molar-refractivity contribution < 1.29 is 14.3 Å². The Hall–Kier alpha value is -1.81. The lowest BCUT2D eigenvalue weighted by Gasteiger charge is -2.27. The summed E-state index contributed by atoms with van der Waals surface area (Å²) in [5, 5.41) is 13.7. The second-order valence-electron chi connectivity index (χ2n) is 5.47. The number of carbonyl (C=O) groups is 1. The summed E-state index contributed by atoms with van der Waals surface area (Å²) in [7, 11) is 0. The average Bonchev–Trinajstić information content (AvgIpc) is 2.90. The number of para-hydroxylation sites is 1. The van der Waals surface area contributed by atoms with Crippen molar-refractivity contribution in [3.05, 3.63) is 36.1 Å². The standard InChI is InChI=1S/C16H19NO3/c18-13-7-3-1-6-12(13)10-17-16(19)15-9-11-5-2-4-8-14(11)20-15/h2,4-5,8-9,12-13,18H,1,3,6-7,10H2,(H,17,19). The molecule has 2 unspecified atom stereocenters. The zero-order valence-electron chi connectivity index (χ0n) is 11.3. The van der Waals surface area contributed by atoms with Crippen LogP contribution in [0.15, 0.2) is 34.7 Å². The average molecular weight is 273 g/mol. The number of amides is 1. The molecule has 1 aliphatic carbocycles. The van der Waals surface area contributed by atoms with Gasteiger partial charge in [0.25, 0.3) is 5.91 Å². The largest absolute Gasteiger partial charge is 0.451 e. The predicted molar refractivity (Wildman–Crippen MR) is 76.5 cm³/mol. The molecule has 1 saturated carbocycles. The van der Waals surface area contributed by atoms with Gasteiger partial charge in [-0.1, -0.05) is 31.0 Å². The normalized spacial score (nSPS) is 22.9. The number of aliphatic hydroxyl groups is 1. The first-order valence-corrected chi connectivity index (χ1v) is 7.19. The van der Waals surface area contributed by atoms with Crippen LogP contribution in [-0.4, -0.2) is 23.7 Å². The fraction of sp³-hybridized carbons (Fsp3) is 0.438. The van der Waals surface area contributed by atoms with Crippen LogP contribution in [0.3, 0.4) is 0 Å². The van der Waals surface area contributed by atoms with Gasteiger partial charge in [-0.25, -0.2) is 0 Å². The first-order chi connectivity index (χ1) is 9.74. The van der Waals surface area contributed by atoms with Gasteiger partial charge in [0, 0.05) is 17.8 Å². The molecule has 1 aromatic carbocycles. The lowest BCUT2D eigenvalue weighted by Crippen LogP contribution is -2.36. The van der Waals surface area contributed by atoms with Crippen molar-refractivity contribution in [2.24, 2.45) is 5.92 Å². The maximum Gasteiger partial charge on any atom is 0.287 e. The number of rotatable bonds is 3. The molecule has 4 nitrogen and oxygen atoms in total. The van der Waals surface area contributed by atoms with Gasteiger partial charge in [0.1, 0.15) is 5.58 Å². The Bertz CT molecular complexity index is 572. The van der Waals surface area contributed by atoms with Crippen LogP contribution in [0.1, 0.15) is 36.2 Å². The van der Waals surface area contributed by atoms with E-state index < -0.39 is 0 Å². The van der Waals surface area contributed by atoms with Crippen molar-refractivity contribution >= 4 is 16.9 Å². The van der Waals surface area contributed by atoms with Gasteiger partial charge >= 0.3 is 0 Å². The molecular formula is C16H19NO3. The lowest BCUT2D eigenvalue weighted by molar-refractivity contribution is 0.0656. The molecule has 1 aromatic heterocycles. The molecule has 4 heteroatoms. The van der Waals surface area contributed by atoms with Crippen LogP contribution in [0.5, 0.6) is 0 Å².